The molecule has 2 heterocycles. The highest BCUT2D eigenvalue weighted by Gasteiger charge is 2.10. The van der Waals surface area contributed by atoms with Gasteiger partial charge in [0.15, 0.2) is 0 Å². The summed E-state index contributed by atoms with van der Waals surface area (Å²) >= 11 is 1.62. The van der Waals surface area contributed by atoms with Gasteiger partial charge in [-0.2, -0.15) is 0 Å². The quantitative estimate of drug-likeness (QED) is 0.911. The van der Waals surface area contributed by atoms with Gasteiger partial charge in [0.1, 0.15) is 0 Å². The third-order valence-corrected chi connectivity index (χ3v) is 4.18. The maximum Gasteiger partial charge on any atom is 0.225 e. The van der Waals surface area contributed by atoms with Gasteiger partial charge in [0.05, 0.1) is 6.42 Å². The summed E-state index contributed by atoms with van der Waals surface area (Å²) in [6.07, 6.45) is 0.476. The largest absolute Gasteiger partial charge is 0.352 e. The number of fused-ring (bicyclic) bond motifs is 1. The summed E-state index contributed by atoms with van der Waals surface area (Å²) in [5.41, 5.74) is 3.89. The Hall–Kier alpha value is -1.36. The standard InChI is InChI=1S/C15H16N2OS.ClH/c18-15(7-14-2-1-5-19-14)17-8-11-3-4-12-9-16-10-13(12)6-11;/h1-6,16H,7-10H2,(H,17,18);1H. The van der Waals surface area contributed by atoms with Crippen molar-refractivity contribution in [2.75, 3.05) is 0 Å². The zero-order valence-corrected chi connectivity index (χ0v) is 12.7. The molecule has 1 aromatic carbocycles. The van der Waals surface area contributed by atoms with Crippen LogP contribution in [-0.2, 0) is 30.8 Å². The van der Waals surface area contributed by atoms with E-state index in [1.807, 2.05) is 17.5 Å². The number of hydrogen-bond donors (Lipinski definition) is 2. The summed E-state index contributed by atoms with van der Waals surface area (Å²) in [5.74, 6) is 0.0843. The molecule has 0 radical (unpaired) electrons. The van der Waals surface area contributed by atoms with E-state index in [1.54, 1.807) is 11.3 Å². The van der Waals surface area contributed by atoms with Crippen molar-refractivity contribution in [2.24, 2.45) is 0 Å². The molecule has 1 amide bonds. The zero-order chi connectivity index (χ0) is 13.1. The van der Waals surface area contributed by atoms with Gasteiger partial charge in [-0.15, -0.1) is 23.7 Å². The van der Waals surface area contributed by atoms with Crippen molar-refractivity contribution in [2.45, 2.75) is 26.1 Å². The van der Waals surface area contributed by atoms with Gasteiger partial charge in [0.25, 0.3) is 0 Å². The van der Waals surface area contributed by atoms with Crippen LogP contribution < -0.4 is 10.6 Å². The van der Waals surface area contributed by atoms with Crippen molar-refractivity contribution >= 4 is 29.7 Å². The minimum absolute atomic E-state index is 0. The minimum atomic E-state index is 0. The van der Waals surface area contributed by atoms with E-state index in [0.717, 1.165) is 18.0 Å². The van der Waals surface area contributed by atoms with Crippen molar-refractivity contribution in [1.29, 1.82) is 0 Å². The third-order valence-electron chi connectivity index (χ3n) is 3.31. The molecule has 0 atom stereocenters. The highest BCUT2D eigenvalue weighted by atomic mass is 35.5. The summed E-state index contributed by atoms with van der Waals surface area (Å²) in [5, 5.41) is 8.30. The Balaban J connectivity index is 0.00000147. The van der Waals surface area contributed by atoms with Crippen LogP contribution in [-0.4, -0.2) is 5.91 Å². The lowest BCUT2D eigenvalue weighted by Crippen LogP contribution is -2.24. The summed E-state index contributed by atoms with van der Waals surface area (Å²) in [6, 6.07) is 10.4. The van der Waals surface area contributed by atoms with Crippen LogP contribution in [0, 0.1) is 0 Å². The van der Waals surface area contributed by atoms with Gasteiger partial charge in [0, 0.05) is 24.5 Å². The molecule has 20 heavy (non-hydrogen) atoms. The van der Waals surface area contributed by atoms with Crippen LogP contribution in [0.15, 0.2) is 35.7 Å². The molecule has 0 fully saturated rings. The average Bonchev–Trinajstić information content (AvgIpc) is 3.06. The highest BCUT2D eigenvalue weighted by Crippen LogP contribution is 2.17. The van der Waals surface area contributed by atoms with Crippen LogP contribution in [0.1, 0.15) is 21.6 Å². The van der Waals surface area contributed by atoms with Gasteiger partial charge in [-0.05, 0) is 28.1 Å². The Labute approximate surface area is 128 Å². The topological polar surface area (TPSA) is 41.1 Å². The smallest absolute Gasteiger partial charge is 0.225 e. The SMILES string of the molecule is Cl.O=C(Cc1cccs1)NCc1ccc2c(c1)CNC2. The number of carbonyl (C=O) groups excluding carboxylic acids is 1. The molecule has 0 unspecified atom stereocenters. The molecule has 5 heteroatoms. The second-order valence-corrected chi connectivity index (χ2v) is 5.77. The number of benzene rings is 1. The van der Waals surface area contributed by atoms with Crippen LogP contribution >= 0.6 is 23.7 Å². The molecule has 0 saturated carbocycles. The summed E-state index contributed by atoms with van der Waals surface area (Å²) in [4.78, 5) is 12.9. The van der Waals surface area contributed by atoms with E-state index in [9.17, 15) is 4.79 Å². The number of nitrogens with one attached hydrogen (secondary N) is 2. The average molecular weight is 309 g/mol. The number of carbonyl (C=O) groups is 1. The summed E-state index contributed by atoms with van der Waals surface area (Å²) in [7, 11) is 0. The van der Waals surface area contributed by atoms with Crippen LogP contribution in [0.25, 0.3) is 0 Å². The molecule has 2 N–H and O–H groups in total. The second kappa shape index (κ2) is 6.88. The molecule has 2 aromatic rings. The van der Waals surface area contributed by atoms with Crippen LogP contribution in [0.2, 0.25) is 0 Å². The van der Waals surface area contributed by atoms with Gasteiger partial charge in [-0.25, -0.2) is 0 Å². The van der Waals surface area contributed by atoms with Crippen LogP contribution in [0.3, 0.4) is 0 Å². The maximum atomic E-state index is 11.8. The zero-order valence-electron chi connectivity index (χ0n) is 11.0. The fourth-order valence-electron chi connectivity index (χ4n) is 2.29. The van der Waals surface area contributed by atoms with E-state index in [2.05, 4.69) is 28.8 Å². The van der Waals surface area contributed by atoms with E-state index in [-0.39, 0.29) is 18.3 Å². The Bertz CT molecular complexity index is 584. The van der Waals surface area contributed by atoms with Gasteiger partial charge in [-0.3, -0.25) is 4.79 Å². The molecule has 0 spiro atoms. The maximum absolute atomic E-state index is 11.8. The lowest BCUT2D eigenvalue weighted by atomic mass is 10.1. The van der Waals surface area contributed by atoms with E-state index < -0.39 is 0 Å². The first kappa shape index (κ1) is 15.0. The van der Waals surface area contributed by atoms with Crippen LogP contribution in [0.4, 0.5) is 0 Å². The van der Waals surface area contributed by atoms with Crippen molar-refractivity contribution in [3.8, 4) is 0 Å². The minimum Gasteiger partial charge on any atom is -0.352 e. The highest BCUT2D eigenvalue weighted by molar-refractivity contribution is 7.10. The summed E-state index contributed by atoms with van der Waals surface area (Å²) < 4.78 is 0. The van der Waals surface area contributed by atoms with E-state index in [1.165, 1.54) is 16.7 Å². The fraction of sp³-hybridized carbons (Fsp3) is 0.267. The second-order valence-electron chi connectivity index (χ2n) is 4.74. The summed E-state index contributed by atoms with van der Waals surface area (Å²) in [6.45, 7) is 2.50. The Morgan fingerprint density at radius 1 is 1.25 bits per heavy atom. The molecule has 3 rings (SSSR count). The number of amides is 1. The molecular formula is C15H17ClN2OS. The van der Waals surface area contributed by atoms with Gasteiger partial charge < -0.3 is 10.6 Å². The van der Waals surface area contributed by atoms with Crippen molar-refractivity contribution in [3.63, 3.8) is 0 Å². The van der Waals surface area contributed by atoms with E-state index in [4.69, 9.17) is 0 Å². The predicted molar refractivity (Wildman–Crippen MR) is 84.1 cm³/mol. The van der Waals surface area contributed by atoms with Gasteiger partial charge in [0.2, 0.25) is 5.91 Å². The molecule has 1 aliphatic heterocycles. The molecule has 1 aliphatic rings. The normalized spacial score (nSPS) is 12.6. The fourth-order valence-corrected chi connectivity index (χ4v) is 3.00. The van der Waals surface area contributed by atoms with E-state index in [0.29, 0.717) is 13.0 Å². The predicted octanol–water partition coefficient (Wildman–Crippen LogP) is 2.63. The Morgan fingerprint density at radius 3 is 2.90 bits per heavy atom. The monoisotopic (exact) mass is 308 g/mol. The van der Waals surface area contributed by atoms with Crippen molar-refractivity contribution < 1.29 is 4.79 Å². The van der Waals surface area contributed by atoms with Crippen molar-refractivity contribution in [1.82, 2.24) is 10.6 Å². The van der Waals surface area contributed by atoms with Crippen molar-refractivity contribution in [3.05, 3.63) is 57.3 Å². The molecule has 0 saturated heterocycles. The third kappa shape index (κ3) is 3.60. The molecule has 1 aromatic heterocycles. The Kier molecular flexibility index (Phi) is 5.17. The van der Waals surface area contributed by atoms with Crippen LogP contribution in [0.5, 0.6) is 0 Å². The first-order valence-electron chi connectivity index (χ1n) is 6.42. The first-order valence-corrected chi connectivity index (χ1v) is 7.30. The number of rotatable bonds is 4. The van der Waals surface area contributed by atoms with Gasteiger partial charge >= 0.3 is 0 Å². The Morgan fingerprint density at radius 2 is 2.10 bits per heavy atom. The molecule has 0 aliphatic carbocycles. The first-order chi connectivity index (χ1) is 9.31. The molecule has 3 nitrogen and oxygen atoms in total. The molecule has 0 bridgehead atoms. The lowest BCUT2D eigenvalue weighted by Gasteiger charge is -2.06. The lowest BCUT2D eigenvalue weighted by molar-refractivity contribution is -0.120. The number of halogens is 1. The number of hydrogen-bond acceptors (Lipinski definition) is 3. The van der Waals surface area contributed by atoms with E-state index >= 15 is 0 Å². The molecular weight excluding hydrogens is 292 g/mol. The number of thiophene rings is 1. The van der Waals surface area contributed by atoms with Gasteiger partial charge in [-0.1, -0.05) is 24.3 Å². The molecule has 106 valence electrons.